The average Bonchev–Trinajstić information content (AvgIpc) is 3.73. The van der Waals surface area contributed by atoms with Gasteiger partial charge in [0.05, 0.1) is 12.6 Å². The number of fused-ring (bicyclic) bond motifs is 2. The average molecular weight is 685 g/mol. The van der Waals surface area contributed by atoms with Crippen molar-refractivity contribution in [3.05, 3.63) is 71.9 Å². The number of carbonyl (C=O) groups excluding carboxylic acids is 5. The fraction of sp³-hybridized carbons (Fsp3) is 0.500. The van der Waals surface area contributed by atoms with Crippen molar-refractivity contribution in [2.75, 3.05) is 26.2 Å². The molecule has 0 bridgehead atoms. The summed E-state index contributed by atoms with van der Waals surface area (Å²) in [5, 5.41) is 20.2. The largest absolute Gasteiger partial charge is 0.391 e. The van der Waals surface area contributed by atoms with Gasteiger partial charge in [0.1, 0.15) is 18.1 Å². The molecule has 0 spiro atoms. The first-order valence-electron chi connectivity index (χ1n) is 17.9. The Balaban J connectivity index is 1.31. The summed E-state index contributed by atoms with van der Waals surface area (Å²) in [7, 11) is 0. The fourth-order valence-corrected chi connectivity index (χ4v) is 7.75. The second kappa shape index (κ2) is 15.9. The van der Waals surface area contributed by atoms with Gasteiger partial charge in [0.25, 0.3) is 0 Å². The van der Waals surface area contributed by atoms with Gasteiger partial charge < -0.3 is 35.8 Å². The van der Waals surface area contributed by atoms with E-state index in [0.717, 1.165) is 54.1 Å². The number of carbonyl (C=O) groups is 5. The molecular formula is C38H48N6O6. The van der Waals surface area contributed by atoms with E-state index in [-0.39, 0.29) is 57.3 Å². The van der Waals surface area contributed by atoms with Gasteiger partial charge in [-0.05, 0) is 48.8 Å². The second-order valence-electron chi connectivity index (χ2n) is 14.0. The maximum Gasteiger partial charge on any atom is 0.246 e. The molecule has 1 aromatic heterocycles. The van der Waals surface area contributed by atoms with Crippen molar-refractivity contribution in [3.63, 3.8) is 0 Å². The Bertz CT molecular complexity index is 1680. The molecule has 0 unspecified atom stereocenters. The van der Waals surface area contributed by atoms with Gasteiger partial charge in [0.2, 0.25) is 29.5 Å². The minimum absolute atomic E-state index is 0.00639. The highest BCUT2D eigenvalue weighted by Gasteiger charge is 2.43. The molecule has 6 rings (SSSR count). The van der Waals surface area contributed by atoms with E-state index in [9.17, 15) is 29.1 Å². The maximum atomic E-state index is 14.4. The molecule has 3 fully saturated rings. The van der Waals surface area contributed by atoms with Crippen molar-refractivity contribution in [1.29, 1.82) is 0 Å². The summed E-state index contributed by atoms with van der Waals surface area (Å²) in [4.78, 5) is 75.6. The molecule has 2 saturated heterocycles. The van der Waals surface area contributed by atoms with Crippen molar-refractivity contribution in [2.45, 2.75) is 82.5 Å². The van der Waals surface area contributed by atoms with Crippen LogP contribution in [0, 0.1) is 11.8 Å². The highest BCUT2D eigenvalue weighted by Crippen LogP contribution is 2.32. The Labute approximate surface area is 292 Å². The van der Waals surface area contributed by atoms with E-state index >= 15 is 0 Å². The number of aromatic amines is 1. The van der Waals surface area contributed by atoms with E-state index in [2.05, 4.69) is 27.9 Å². The molecule has 5 N–H and O–H groups in total. The predicted octanol–water partition coefficient (Wildman–Crippen LogP) is 2.06. The Morgan fingerprint density at radius 1 is 0.880 bits per heavy atom. The highest BCUT2D eigenvalue weighted by molar-refractivity contribution is 5.96. The molecule has 0 radical (unpaired) electrons. The van der Waals surface area contributed by atoms with E-state index in [1.54, 1.807) is 6.20 Å². The van der Waals surface area contributed by atoms with E-state index in [0.29, 0.717) is 5.92 Å². The summed E-state index contributed by atoms with van der Waals surface area (Å²) in [5.41, 5.74) is 2.51. The molecule has 2 aromatic carbocycles. The zero-order valence-electron chi connectivity index (χ0n) is 28.6. The smallest absolute Gasteiger partial charge is 0.246 e. The summed E-state index contributed by atoms with van der Waals surface area (Å²) in [5.74, 6) is -1.79. The van der Waals surface area contributed by atoms with Crippen LogP contribution in [0.1, 0.15) is 56.6 Å². The summed E-state index contributed by atoms with van der Waals surface area (Å²) >= 11 is 0. The minimum Gasteiger partial charge on any atom is -0.391 e. The van der Waals surface area contributed by atoms with Crippen LogP contribution in [0.2, 0.25) is 0 Å². The topological polar surface area (TPSA) is 164 Å². The number of para-hydroxylation sites is 1. The Morgan fingerprint density at radius 2 is 1.62 bits per heavy atom. The van der Waals surface area contributed by atoms with Gasteiger partial charge in [-0.2, -0.15) is 0 Å². The number of rotatable bonds is 6. The van der Waals surface area contributed by atoms with E-state index in [1.807, 2.05) is 54.6 Å². The third-order valence-electron chi connectivity index (χ3n) is 10.6. The lowest BCUT2D eigenvalue weighted by atomic mass is 9.80. The quantitative estimate of drug-likeness (QED) is 0.267. The third-order valence-corrected chi connectivity index (χ3v) is 10.6. The standard InChI is InChI=1S/C38H48N6O6/c1-2-24-12-14-26(15-13-24)37(49)43-17-16-39-35(47)31(18-25-8-4-3-5-9-25)42-36(48)33-20-28(45)22-44(33)38(50)32(41-34(46)23-43)19-27-21-40-30-11-7-6-10-29(27)30/h3-11,21,24,26,28,31-33,40,45H,2,12-20,22-23H2,1H3,(H,39,47)(H,41,46)(H,42,48)/t24?,26?,28-,31+,32-,33+/m1/s1. The van der Waals surface area contributed by atoms with Gasteiger partial charge in [-0.15, -0.1) is 0 Å². The van der Waals surface area contributed by atoms with Gasteiger partial charge in [-0.25, -0.2) is 0 Å². The second-order valence-corrected chi connectivity index (χ2v) is 14.0. The number of amides is 5. The van der Waals surface area contributed by atoms with Crippen LogP contribution in [-0.4, -0.2) is 99.8 Å². The SMILES string of the molecule is CCC1CCC(C(=O)N2CCNC(=O)[C@H](Cc3ccccc3)NC(=O)[C@@H]3C[C@@H](O)CN3C(=O)[C@@H](Cc3c[nH]c4ccccc34)NC(=O)C2)CC1. The van der Waals surface area contributed by atoms with Gasteiger partial charge in [0.15, 0.2) is 0 Å². The number of nitrogens with zero attached hydrogens (tertiary/aromatic N) is 2. The number of aliphatic hydroxyl groups excluding tert-OH is 1. The molecule has 1 aliphatic carbocycles. The van der Waals surface area contributed by atoms with Crippen LogP contribution in [0.15, 0.2) is 60.8 Å². The van der Waals surface area contributed by atoms with Crippen molar-refractivity contribution in [2.24, 2.45) is 11.8 Å². The van der Waals surface area contributed by atoms with E-state index in [4.69, 9.17) is 0 Å². The fourth-order valence-electron chi connectivity index (χ4n) is 7.75. The van der Waals surface area contributed by atoms with Crippen molar-refractivity contribution in [3.8, 4) is 0 Å². The summed E-state index contributed by atoms with van der Waals surface area (Å²) in [6, 6.07) is 13.9. The normalized spacial score (nSPS) is 27.2. The molecule has 1 saturated carbocycles. The third kappa shape index (κ3) is 8.18. The molecule has 2 aliphatic heterocycles. The van der Waals surface area contributed by atoms with Crippen molar-refractivity contribution in [1.82, 2.24) is 30.7 Å². The zero-order valence-corrected chi connectivity index (χ0v) is 28.6. The van der Waals surface area contributed by atoms with Gasteiger partial charge in [-0.1, -0.05) is 61.9 Å². The van der Waals surface area contributed by atoms with Crippen LogP contribution < -0.4 is 16.0 Å². The number of H-pyrrole nitrogens is 1. The molecule has 50 heavy (non-hydrogen) atoms. The van der Waals surface area contributed by atoms with Crippen molar-refractivity contribution < 1.29 is 29.1 Å². The number of hydrogen-bond donors (Lipinski definition) is 5. The van der Waals surface area contributed by atoms with Gasteiger partial charge in [-0.3, -0.25) is 24.0 Å². The molecule has 4 atom stereocenters. The Morgan fingerprint density at radius 3 is 2.38 bits per heavy atom. The van der Waals surface area contributed by atoms with Crippen LogP contribution >= 0.6 is 0 Å². The number of hydrogen-bond acceptors (Lipinski definition) is 6. The Kier molecular flexibility index (Phi) is 11.2. The molecule has 12 heteroatoms. The molecule has 3 aliphatic rings. The zero-order chi connectivity index (χ0) is 35.2. The summed E-state index contributed by atoms with van der Waals surface area (Å²) in [6.45, 7) is 1.96. The first kappa shape index (κ1) is 35.1. The first-order valence-corrected chi connectivity index (χ1v) is 17.9. The molecule has 3 heterocycles. The summed E-state index contributed by atoms with van der Waals surface area (Å²) in [6.07, 6.45) is 5.62. The molecular weight excluding hydrogens is 636 g/mol. The van der Waals surface area contributed by atoms with Crippen LogP contribution in [0.4, 0.5) is 0 Å². The number of aliphatic hydroxyl groups is 1. The lowest BCUT2D eigenvalue weighted by Crippen LogP contribution is -2.57. The molecule has 3 aromatic rings. The van der Waals surface area contributed by atoms with Gasteiger partial charge >= 0.3 is 0 Å². The van der Waals surface area contributed by atoms with Gasteiger partial charge in [0, 0.05) is 61.9 Å². The van der Waals surface area contributed by atoms with Crippen LogP contribution in [0.25, 0.3) is 10.9 Å². The first-order chi connectivity index (χ1) is 24.2. The molecule has 12 nitrogen and oxygen atoms in total. The van der Waals surface area contributed by atoms with Crippen LogP contribution in [0.5, 0.6) is 0 Å². The van der Waals surface area contributed by atoms with Crippen molar-refractivity contribution >= 4 is 40.4 Å². The number of aromatic nitrogens is 1. The van der Waals surface area contributed by atoms with E-state index in [1.165, 1.54) is 9.80 Å². The number of benzene rings is 2. The lowest BCUT2D eigenvalue weighted by molar-refractivity contribution is -0.143. The Hall–Kier alpha value is -4.71. The van der Waals surface area contributed by atoms with Crippen LogP contribution in [0.3, 0.4) is 0 Å². The highest BCUT2D eigenvalue weighted by atomic mass is 16.3. The monoisotopic (exact) mass is 684 g/mol. The molecule has 5 amide bonds. The van der Waals surface area contributed by atoms with E-state index < -0.39 is 47.9 Å². The maximum absolute atomic E-state index is 14.4. The molecule has 266 valence electrons. The predicted molar refractivity (Wildman–Crippen MR) is 187 cm³/mol. The summed E-state index contributed by atoms with van der Waals surface area (Å²) < 4.78 is 0. The lowest BCUT2D eigenvalue weighted by Gasteiger charge is -2.32. The minimum atomic E-state index is -1.08. The number of nitrogens with one attached hydrogen (secondary N) is 4. The van der Waals surface area contributed by atoms with Crippen LogP contribution in [-0.2, 0) is 36.8 Å².